The molecule has 1 N–H and O–H groups in total. The van der Waals surface area contributed by atoms with Crippen molar-refractivity contribution in [2.24, 2.45) is 11.0 Å². The Hall–Kier alpha value is -1.29. The standard InChI is InChI=1S/C12H14N2OS/c1-8-7-11(15)13-14-12(8)9-3-5-10(16-2)6-4-9/h3-6,8H,7H2,1-2H3,(H,13,15). The lowest BCUT2D eigenvalue weighted by Gasteiger charge is -2.19. The van der Waals surface area contributed by atoms with Gasteiger partial charge in [-0.15, -0.1) is 11.8 Å². The summed E-state index contributed by atoms with van der Waals surface area (Å²) in [6.07, 6.45) is 2.57. The Labute approximate surface area is 99.3 Å². The van der Waals surface area contributed by atoms with Crippen LogP contribution in [0, 0.1) is 5.92 Å². The van der Waals surface area contributed by atoms with Gasteiger partial charge in [-0.2, -0.15) is 5.10 Å². The SMILES string of the molecule is CSc1ccc(C2=NNC(=O)CC2C)cc1. The van der Waals surface area contributed by atoms with Gasteiger partial charge in [0.2, 0.25) is 5.91 Å². The van der Waals surface area contributed by atoms with Gasteiger partial charge in [-0.3, -0.25) is 4.79 Å². The summed E-state index contributed by atoms with van der Waals surface area (Å²) >= 11 is 1.72. The van der Waals surface area contributed by atoms with Gasteiger partial charge in [-0.05, 0) is 24.0 Å². The van der Waals surface area contributed by atoms with Crippen molar-refractivity contribution in [3.05, 3.63) is 29.8 Å². The third-order valence-corrected chi connectivity index (χ3v) is 3.39. The van der Waals surface area contributed by atoms with Crippen molar-refractivity contribution < 1.29 is 4.79 Å². The number of nitrogens with one attached hydrogen (secondary N) is 1. The second-order valence-electron chi connectivity index (χ2n) is 3.87. The van der Waals surface area contributed by atoms with Crippen LogP contribution in [0.15, 0.2) is 34.3 Å². The highest BCUT2D eigenvalue weighted by molar-refractivity contribution is 7.98. The van der Waals surface area contributed by atoms with E-state index in [-0.39, 0.29) is 11.8 Å². The molecule has 0 saturated heterocycles. The van der Waals surface area contributed by atoms with Crippen molar-refractivity contribution in [2.75, 3.05) is 6.26 Å². The number of nitrogens with zero attached hydrogens (tertiary/aromatic N) is 1. The predicted molar refractivity (Wildman–Crippen MR) is 66.7 cm³/mol. The number of rotatable bonds is 2. The van der Waals surface area contributed by atoms with Crippen LogP contribution in [0.2, 0.25) is 0 Å². The summed E-state index contributed by atoms with van der Waals surface area (Å²) in [4.78, 5) is 12.4. The van der Waals surface area contributed by atoms with Gasteiger partial charge in [0.1, 0.15) is 0 Å². The van der Waals surface area contributed by atoms with Crippen molar-refractivity contribution >= 4 is 23.4 Å². The molecule has 1 aliphatic rings. The number of hydrogen-bond donors (Lipinski definition) is 1. The second kappa shape index (κ2) is 4.70. The number of carbonyl (C=O) groups is 1. The maximum Gasteiger partial charge on any atom is 0.240 e. The molecule has 1 amide bonds. The molecule has 2 rings (SSSR count). The lowest BCUT2D eigenvalue weighted by Crippen LogP contribution is -2.31. The molecule has 1 heterocycles. The van der Waals surface area contributed by atoms with E-state index in [2.05, 4.69) is 41.0 Å². The minimum Gasteiger partial charge on any atom is -0.273 e. The van der Waals surface area contributed by atoms with Crippen LogP contribution < -0.4 is 5.43 Å². The molecule has 16 heavy (non-hydrogen) atoms. The molecule has 0 radical (unpaired) electrons. The third-order valence-electron chi connectivity index (χ3n) is 2.65. The van der Waals surface area contributed by atoms with Gasteiger partial charge in [0, 0.05) is 17.2 Å². The fourth-order valence-corrected chi connectivity index (χ4v) is 2.17. The van der Waals surface area contributed by atoms with E-state index in [1.807, 2.05) is 6.92 Å². The average molecular weight is 234 g/mol. The average Bonchev–Trinajstić information content (AvgIpc) is 2.29. The van der Waals surface area contributed by atoms with Crippen molar-refractivity contribution in [1.82, 2.24) is 5.43 Å². The summed E-state index contributed by atoms with van der Waals surface area (Å²) in [7, 11) is 0. The van der Waals surface area contributed by atoms with Crippen molar-refractivity contribution in [1.29, 1.82) is 0 Å². The van der Waals surface area contributed by atoms with Gasteiger partial charge in [0.25, 0.3) is 0 Å². The molecule has 0 fully saturated rings. The molecule has 0 aromatic heterocycles. The lowest BCUT2D eigenvalue weighted by atomic mass is 9.94. The van der Waals surface area contributed by atoms with Crippen LogP contribution in [0.4, 0.5) is 0 Å². The predicted octanol–water partition coefficient (Wildman–Crippen LogP) is 2.27. The van der Waals surface area contributed by atoms with Crippen LogP contribution in [0.3, 0.4) is 0 Å². The smallest absolute Gasteiger partial charge is 0.240 e. The van der Waals surface area contributed by atoms with Gasteiger partial charge in [-0.1, -0.05) is 19.1 Å². The van der Waals surface area contributed by atoms with Crippen molar-refractivity contribution in [3.63, 3.8) is 0 Å². The van der Waals surface area contributed by atoms with Crippen LogP contribution in [0.1, 0.15) is 18.9 Å². The van der Waals surface area contributed by atoms with Gasteiger partial charge >= 0.3 is 0 Å². The Morgan fingerprint density at radius 3 is 2.62 bits per heavy atom. The summed E-state index contributed by atoms with van der Waals surface area (Å²) in [6, 6.07) is 8.26. The third kappa shape index (κ3) is 2.27. The molecular weight excluding hydrogens is 220 g/mol. The first kappa shape index (κ1) is 11.2. The molecule has 1 atom stereocenters. The van der Waals surface area contributed by atoms with Crippen LogP contribution >= 0.6 is 11.8 Å². The number of hydrazone groups is 1. The molecule has 1 aromatic carbocycles. The van der Waals surface area contributed by atoms with E-state index in [9.17, 15) is 4.79 Å². The summed E-state index contributed by atoms with van der Waals surface area (Å²) in [5.41, 5.74) is 4.59. The van der Waals surface area contributed by atoms with Crippen LogP contribution in [0.5, 0.6) is 0 Å². The van der Waals surface area contributed by atoms with Gasteiger partial charge < -0.3 is 0 Å². The summed E-state index contributed by atoms with van der Waals surface area (Å²) < 4.78 is 0. The number of carbonyl (C=O) groups excluding carboxylic acids is 1. The molecule has 0 bridgehead atoms. The molecule has 1 aromatic rings. The molecule has 0 spiro atoms. The molecule has 4 heteroatoms. The van der Waals surface area contributed by atoms with E-state index >= 15 is 0 Å². The molecule has 0 aliphatic carbocycles. The van der Waals surface area contributed by atoms with Crippen molar-refractivity contribution in [3.8, 4) is 0 Å². The fourth-order valence-electron chi connectivity index (χ4n) is 1.76. The zero-order valence-electron chi connectivity index (χ0n) is 9.36. The molecule has 0 saturated carbocycles. The van der Waals surface area contributed by atoms with E-state index in [4.69, 9.17) is 0 Å². The Bertz CT molecular complexity index is 425. The monoisotopic (exact) mass is 234 g/mol. The van der Waals surface area contributed by atoms with E-state index in [0.717, 1.165) is 11.3 Å². The van der Waals surface area contributed by atoms with Gasteiger partial charge in [0.05, 0.1) is 5.71 Å². The second-order valence-corrected chi connectivity index (χ2v) is 4.75. The first-order valence-corrected chi connectivity index (χ1v) is 6.44. The summed E-state index contributed by atoms with van der Waals surface area (Å²) in [6.45, 7) is 2.03. The van der Waals surface area contributed by atoms with Crippen LogP contribution in [-0.2, 0) is 4.79 Å². The maximum atomic E-state index is 11.1. The number of amides is 1. The molecular formula is C12H14N2OS. The molecule has 1 unspecified atom stereocenters. The first-order valence-electron chi connectivity index (χ1n) is 5.21. The zero-order chi connectivity index (χ0) is 11.5. The van der Waals surface area contributed by atoms with Gasteiger partial charge in [-0.25, -0.2) is 5.43 Å². The fraction of sp³-hybridized carbons (Fsp3) is 0.333. The van der Waals surface area contributed by atoms with Crippen LogP contribution in [-0.4, -0.2) is 17.9 Å². The van der Waals surface area contributed by atoms with Crippen LogP contribution in [0.25, 0.3) is 0 Å². The Morgan fingerprint density at radius 2 is 2.06 bits per heavy atom. The minimum atomic E-state index is -0.00279. The maximum absolute atomic E-state index is 11.1. The van der Waals surface area contributed by atoms with E-state index in [1.165, 1.54) is 4.90 Å². The molecule has 84 valence electrons. The normalized spacial score (nSPS) is 20.2. The number of hydrogen-bond acceptors (Lipinski definition) is 3. The molecule has 1 aliphatic heterocycles. The number of benzene rings is 1. The largest absolute Gasteiger partial charge is 0.273 e. The highest BCUT2D eigenvalue weighted by Crippen LogP contribution is 2.19. The molecule has 3 nitrogen and oxygen atoms in total. The highest BCUT2D eigenvalue weighted by Gasteiger charge is 2.21. The zero-order valence-corrected chi connectivity index (χ0v) is 10.2. The Morgan fingerprint density at radius 1 is 1.38 bits per heavy atom. The lowest BCUT2D eigenvalue weighted by molar-refractivity contribution is -0.121. The topological polar surface area (TPSA) is 41.5 Å². The van der Waals surface area contributed by atoms with E-state index in [1.54, 1.807) is 11.8 Å². The highest BCUT2D eigenvalue weighted by atomic mass is 32.2. The van der Waals surface area contributed by atoms with Gasteiger partial charge in [0.15, 0.2) is 0 Å². The Kier molecular flexibility index (Phi) is 3.29. The Balaban J connectivity index is 2.26. The minimum absolute atomic E-state index is 0.00279. The quantitative estimate of drug-likeness (QED) is 0.797. The van der Waals surface area contributed by atoms with E-state index < -0.39 is 0 Å². The first-order chi connectivity index (χ1) is 7.70. The summed E-state index contributed by atoms with van der Waals surface area (Å²) in [5, 5.41) is 4.13. The van der Waals surface area contributed by atoms with Crippen molar-refractivity contribution in [2.45, 2.75) is 18.2 Å². The number of thioether (sulfide) groups is 1. The summed E-state index contributed by atoms with van der Waals surface area (Å²) in [5.74, 6) is 0.186. The van der Waals surface area contributed by atoms with E-state index in [0.29, 0.717) is 6.42 Å².